The van der Waals surface area contributed by atoms with Gasteiger partial charge in [-0.15, -0.1) is 0 Å². The van der Waals surface area contributed by atoms with Crippen LogP contribution < -0.4 is 0 Å². The Morgan fingerprint density at radius 2 is 1.37 bits per heavy atom. The zero-order valence-electron chi connectivity index (χ0n) is 16.2. The van der Waals surface area contributed by atoms with Gasteiger partial charge in [0, 0.05) is 22.7 Å². The maximum Gasteiger partial charge on any atom is 0.241 e. The van der Waals surface area contributed by atoms with Crippen LogP contribution in [-0.4, -0.2) is 50.6 Å². The summed E-state index contributed by atoms with van der Waals surface area (Å²) in [5, 5.41) is 42.7. The molecule has 0 saturated carbocycles. The van der Waals surface area contributed by atoms with E-state index in [2.05, 4.69) is 0 Å². The summed E-state index contributed by atoms with van der Waals surface area (Å²) in [5.74, 6) is 0. The van der Waals surface area contributed by atoms with Crippen molar-refractivity contribution in [2.45, 2.75) is 108 Å². The molecule has 0 saturated heterocycles. The Balaban J connectivity index is 4.47. The average Bonchev–Trinajstić information content (AvgIpc) is 2.61. The van der Waals surface area contributed by atoms with E-state index < -0.39 is 40.6 Å². The fourth-order valence-electron chi connectivity index (χ4n) is 3.13. The van der Waals surface area contributed by atoms with Crippen LogP contribution in [0.5, 0.6) is 0 Å². The third kappa shape index (κ3) is 11.7. The molecule has 27 heavy (non-hydrogen) atoms. The minimum atomic E-state index is -1.45. The Morgan fingerprint density at radius 1 is 0.815 bits per heavy atom. The third-order valence-electron chi connectivity index (χ3n) is 4.84. The van der Waals surface area contributed by atoms with Gasteiger partial charge in [-0.05, 0) is 19.3 Å². The van der Waals surface area contributed by atoms with Gasteiger partial charge in [-0.2, -0.15) is 0 Å². The first kappa shape index (κ1) is 25.4. The maximum absolute atomic E-state index is 11.3. The molecule has 4 atom stereocenters. The lowest BCUT2D eigenvalue weighted by atomic mass is 9.94. The lowest BCUT2D eigenvalue weighted by Gasteiger charge is -2.21. The van der Waals surface area contributed by atoms with Crippen molar-refractivity contribution < 1.29 is 24.9 Å². The van der Waals surface area contributed by atoms with E-state index in [0.29, 0.717) is 19.3 Å². The monoisotopic (exact) mass is 390 g/mol. The average molecular weight is 390 g/mol. The molecule has 0 rings (SSSR count). The quantitative estimate of drug-likeness (QED) is 0.158. The molecule has 0 radical (unpaired) electrons. The summed E-state index contributed by atoms with van der Waals surface area (Å²) in [4.78, 5) is 31.4. The molecule has 9 heteroatoms. The number of aliphatic hydroxyl groups excluding tert-OH is 2. The van der Waals surface area contributed by atoms with Gasteiger partial charge in [0.1, 0.15) is 18.5 Å². The van der Waals surface area contributed by atoms with Gasteiger partial charge in [0.2, 0.25) is 12.1 Å². The topological polar surface area (TPSA) is 144 Å². The van der Waals surface area contributed by atoms with Crippen LogP contribution in [0.15, 0.2) is 0 Å². The van der Waals surface area contributed by atoms with Gasteiger partial charge in [-0.3, -0.25) is 20.2 Å². The molecule has 0 fully saturated rings. The molecule has 0 aliphatic heterocycles. The standard InChI is InChI=1S/C18H34N2O7/c1-2-3-8-11-15(19(24)25)18(23)14-16(20(26)27)17(22)12-9-6-4-5-7-10-13-21/h13,15-18,22-23H,2-12,14H2,1H3. The van der Waals surface area contributed by atoms with Crippen molar-refractivity contribution in [3.8, 4) is 0 Å². The SMILES string of the molecule is CCCCCC(C(O)CC(C(O)CCCCCCCC=O)[N+](=O)[O-])[N+](=O)[O-]. The van der Waals surface area contributed by atoms with Crippen LogP contribution in [0.2, 0.25) is 0 Å². The fraction of sp³-hybridized carbons (Fsp3) is 0.944. The summed E-state index contributed by atoms with van der Waals surface area (Å²) in [6.45, 7) is 1.96. The number of hydrogen-bond acceptors (Lipinski definition) is 7. The van der Waals surface area contributed by atoms with E-state index in [0.717, 1.165) is 44.8 Å². The van der Waals surface area contributed by atoms with Crippen LogP contribution in [0.4, 0.5) is 0 Å². The van der Waals surface area contributed by atoms with E-state index >= 15 is 0 Å². The van der Waals surface area contributed by atoms with E-state index in [4.69, 9.17) is 0 Å². The third-order valence-corrected chi connectivity index (χ3v) is 4.84. The number of carbonyl (C=O) groups excluding carboxylic acids is 1. The Labute approximate surface area is 160 Å². The first-order chi connectivity index (χ1) is 12.8. The zero-order chi connectivity index (χ0) is 20.7. The molecule has 0 aliphatic carbocycles. The second-order valence-corrected chi connectivity index (χ2v) is 7.08. The second kappa shape index (κ2) is 15.4. The van der Waals surface area contributed by atoms with E-state index in [-0.39, 0.29) is 12.8 Å². The molecular weight excluding hydrogens is 356 g/mol. The van der Waals surface area contributed by atoms with Gasteiger partial charge in [-0.25, -0.2) is 0 Å². The molecule has 0 spiro atoms. The number of aldehydes is 1. The van der Waals surface area contributed by atoms with Crippen molar-refractivity contribution in [1.82, 2.24) is 0 Å². The van der Waals surface area contributed by atoms with E-state index in [1.807, 2.05) is 6.92 Å². The Morgan fingerprint density at radius 3 is 1.93 bits per heavy atom. The fourth-order valence-corrected chi connectivity index (χ4v) is 3.13. The van der Waals surface area contributed by atoms with Crippen LogP contribution in [0, 0.1) is 20.2 Å². The molecule has 158 valence electrons. The van der Waals surface area contributed by atoms with Gasteiger partial charge >= 0.3 is 0 Å². The Kier molecular flexibility index (Phi) is 14.5. The molecule has 2 N–H and O–H groups in total. The summed E-state index contributed by atoms with van der Waals surface area (Å²) in [7, 11) is 0. The number of carbonyl (C=O) groups is 1. The molecule has 4 unspecified atom stereocenters. The van der Waals surface area contributed by atoms with Gasteiger partial charge < -0.3 is 15.0 Å². The minimum absolute atomic E-state index is 0.170. The number of nitrogens with zero attached hydrogens (tertiary/aromatic N) is 2. The van der Waals surface area contributed by atoms with E-state index in [1.54, 1.807) is 0 Å². The van der Waals surface area contributed by atoms with Crippen LogP contribution >= 0.6 is 0 Å². The molecule has 0 aliphatic rings. The van der Waals surface area contributed by atoms with Crippen LogP contribution in [-0.2, 0) is 4.79 Å². The highest BCUT2D eigenvalue weighted by atomic mass is 16.6. The summed E-state index contributed by atoms with van der Waals surface area (Å²) in [6.07, 6.45) is 4.90. The van der Waals surface area contributed by atoms with Crippen molar-refractivity contribution in [2.24, 2.45) is 0 Å². The number of nitro groups is 2. The maximum atomic E-state index is 11.3. The molecule has 0 heterocycles. The van der Waals surface area contributed by atoms with Crippen molar-refractivity contribution in [3.05, 3.63) is 20.2 Å². The van der Waals surface area contributed by atoms with Gasteiger partial charge in [-0.1, -0.05) is 45.4 Å². The van der Waals surface area contributed by atoms with E-state index in [9.17, 15) is 35.2 Å². The summed E-state index contributed by atoms with van der Waals surface area (Å²) >= 11 is 0. The lowest BCUT2D eigenvalue weighted by Crippen LogP contribution is -2.42. The predicted octanol–water partition coefficient (Wildman–Crippen LogP) is 2.90. The minimum Gasteiger partial charge on any atom is -0.386 e. The molecule has 0 bridgehead atoms. The molecule has 0 amide bonds. The van der Waals surface area contributed by atoms with Gasteiger partial charge in [0.05, 0.1) is 6.42 Å². The number of rotatable bonds is 18. The summed E-state index contributed by atoms with van der Waals surface area (Å²) < 4.78 is 0. The highest BCUT2D eigenvalue weighted by Gasteiger charge is 2.38. The van der Waals surface area contributed by atoms with Gasteiger partial charge in [0.15, 0.2) is 0 Å². The van der Waals surface area contributed by atoms with Crippen LogP contribution in [0.1, 0.15) is 84.0 Å². The predicted molar refractivity (Wildman–Crippen MR) is 101 cm³/mol. The first-order valence-corrected chi connectivity index (χ1v) is 9.91. The molecule has 0 aromatic rings. The van der Waals surface area contributed by atoms with Crippen molar-refractivity contribution in [3.63, 3.8) is 0 Å². The summed E-state index contributed by atoms with van der Waals surface area (Å²) in [6, 6.07) is -2.66. The summed E-state index contributed by atoms with van der Waals surface area (Å²) in [5.41, 5.74) is 0. The van der Waals surface area contributed by atoms with E-state index in [1.165, 1.54) is 0 Å². The molecule has 0 aromatic carbocycles. The lowest BCUT2D eigenvalue weighted by molar-refractivity contribution is -0.554. The highest BCUT2D eigenvalue weighted by Crippen LogP contribution is 2.19. The van der Waals surface area contributed by atoms with Gasteiger partial charge in [0.25, 0.3) is 0 Å². The Hall–Kier alpha value is -1.61. The molecule has 0 aromatic heterocycles. The zero-order valence-corrected chi connectivity index (χ0v) is 16.2. The molecular formula is C18H34N2O7. The number of aliphatic hydroxyl groups is 2. The van der Waals surface area contributed by atoms with Crippen molar-refractivity contribution >= 4 is 6.29 Å². The Bertz CT molecular complexity index is 434. The normalized spacial score (nSPS) is 15.7. The second-order valence-electron chi connectivity index (χ2n) is 7.08. The number of hydrogen-bond donors (Lipinski definition) is 2. The first-order valence-electron chi connectivity index (χ1n) is 9.91. The van der Waals surface area contributed by atoms with Crippen LogP contribution in [0.3, 0.4) is 0 Å². The number of unbranched alkanes of at least 4 members (excludes halogenated alkanes) is 7. The van der Waals surface area contributed by atoms with Crippen LogP contribution in [0.25, 0.3) is 0 Å². The van der Waals surface area contributed by atoms with Crippen molar-refractivity contribution in [1.29, 1.82) is 0 Å². The highest BCUT2D eigenvalue weighted by molar-refractivity contribution is 5.48. The smallest absolute Gasteiger partial charge is 0.241 e. The van der Waals surface area contributed by atoms with Crippen molar-refractivity contribution in [2.75, 3.05) is 0 Å². The molecule has 9 nitrogen and oxygen atoms in total. The largest absolute Gasteiger partial charge is 0.386 e.